The second-order valence-electron chi connectivity index (χ2n) is 5.24. The Morgan fingerprint density at radius 3 is 2.48 bits per heavy atom. The van der Waals surface area contributed by atoms with Crippen LogP contribution >= 0.6 is 0 Å². The van der Waals surface area contributed by atoms with Crippen molar-refractivity contribution in [2.24, 2.45) is 5.92 Å². The first-order valence-electron chi connectivity index (χ1n) is 7.29. The molecule has 0 amide bonds. The highest BCUT2D eigenvalue weighted by Crippen LogP contribution is 2.30. The van der Waals surface area contributed by atoms with Crippen LogP contribution in [0.5, 0.6) is 11.5 Å². The molecule has 1 aromatic rings. The third-order valence-electron chi connectivity index (χ3n) is 3.68. The van der Waals surface area contributed by atoms with E-state index in [1.165, 1.54) is 0 Å². The molecular weight excluding hydrogens is 286 g/mol. The second-order valence-corrected chi connectivity index (χ2v) is 6.78. The lowest BCUT2D eigenvalue weighted by Gasteiger charge is -2.20. The summed E-state index contributed by atoms with van der Waals surface area (Å²) in [5.74, 6) is 3.33. The van der Waals surface area contributed by atoms with Crippen LogP contribution in [-0.2, 0) is 10.8 Å². The van der Waals surface area contributed by atoms with Gasteiger partial charge in [0.1, 0.15) is 11.5 Å². The van der Waals surface area contributed by atoms with E-state index in [1.54, 1.807) is 14.2 Å². The lowest BCUT2D eigenvalue weighted by atomic mass is 10.1. The molecule has 0 radical (unpaired) electrons. The third-order valence-corrected chi connectivity index (χ3v) is 5.33. The highest BCUT2D eigenvalue weighted by molar-refractivity contribution is 7.85. The minimum Gasteiger partial charge on any atom is -0.497 e. The van der Waals surface area contributed by atoms with E-state index in [-0.39, 0.29) is 6.04 Å². The van der Waals surface area contributed by atoms with Gasteiger partial charge in [-0.3, -0.25) is 4.21 Å². The highest BCUT2D eigenvalue weighted by atomic mass is 32.2. The number of hydrogen-bond acceptors (Lipinski definition) is 4. The van der Waals surface area contributed by atoms with Gasteiger partial charge in [0.05, 0.1) is 14.2 Å². The summed E-state index contributed by atoms with van der Waals surface area (Å²) in [6.07, 6.45) is 1.06. The summed E-state index contributed by atoms with van der Waals surface area (Å²) in [4.78, 5) is 0. The van der Waals surface area contributed by atoms with E-state index in [4.69, 9.17) is 9.47 Å². The van der Waals surface area contributed by atoms with Crippen molar-refractivity contribution in [2.45, 2.75) is 26.3 Å². The van der Waals surface area contributed by atoms with Crippen molar-refractivity contribution in [1.29, 1.82) is 0 Å². The van der Waals surface area contributed by atoms with Crippen molar-refractivity contribution < 1.29 is 13.7 Å². The summed E-state index contributed by atoms with van der Waals surface area (Å²) in [7, 11) is 4.31. The van der Waals surface area contributed by atoms with Gasteiger partial charge < -0.3 is 14.8 Å². The smallest absolute Gasteiger partial charge is 0.127 e. The molecule has 5 heteroatoms. The SMILES string of the molecule is CCC(C)CS(=O)CC(NC)c1ccc(OC)cc1OC. The molecular formula is C16H27NO3S. The van der Waals surface area contributed by atoms with Crippen LogP contribution in [0.3, 0.4) is 0 Å². The van der Waals surface area contributed by atoms with E-state index in [0.29, 0.717) is 11.7 Å². The normalized spacial score (nSPS) is 15.3. The Morgan fingerprint density at radius 2 is 1.95 bits per heavy atom. The first-order chi connectivity index (χ1) is 10.0. The molecule has 0 aliphatic rings. The second kappa shape index (κ2) is 9.05. The van der Waals surface area contributed by atoms with Crippen LogP contribution in [0, 0.1) is 5.92 Å². The van der Waals surface area contributed by atoms with E-state index in [9.17, 15) is 4.21 Å². The van der Waals surface area contributed by atoms with Gasteiger partial charge in [-0.15, -0.1) is 0 Å². The number of hydrogen-bond donors (Lipinski definition) is 1. The largest absolute Gasteiger partial charge is 0.497 e. The number of methoxy groups -OCH3 is 2. The number of rotatable bonds is 9. The van der Waals surface area contributed by atoms with Gasteiger partial charge in [-0.05, 0) is 19.0 Å². The first kappa shape index (κ1) is 18.0. The van der Waals surface area contributed by atoms with Gasteiger partial charge in [-0.2, -0.15) is 0 Å². The van der Waals surface area contributed by atoms with E-state index < -0.39 is 10.8 Å². The number of nitrogens with one attached hydrogen (secondary N) is 1. The van der Waals surface area contributed by atoms with Crippen LogP contribution in [0.15, 0.2) is 18.2 Å². The quantitative estimate of drug-likeness (QED) is 0.761. The zero-order valence-corrected chi connectivity index (χ0v) is 14.5. The minimum atomic E-state index is -0.847. The number of benzene rings is 1. The fraction of sp³-hybridized carbons (Fsp3) is 0.625. The summed E-state index contributed by atoms with van der Waals surface area (Å²) in [5.41, 5.74) is 1.01. The van der Waals surface area contributed by atoms with Crippen LogP contribution in [0.25, 0.3) is 0 Å². The van der Waals surface area contributed by atoms with Crippen LogP contribution in [-0.4, -0.2) is 37.0 Å². The molecule has 3 atom stereocenters. The maximum atomic E-state index is 12.3. The van der Waals surface area contributed by atoms with Crippen molar-refractivity contribution in [1.82, 2.24) is 5.32 Å². The Hall–Kier alpha value is -1.07. The molecule has 1 aromatic carbocycles. The van der Waals surface area contributed by atoms with Crippen molar-refractivity contribution in [2.75, 3.05) is 32.8 Å². The zero-order valence-electron chi connectivity index (χ0n) is 13.6. The van der Waals surface area contributed by atoms with Crippen molar-refractivity contribution in [3.8, 4) is 11.5 Å². The molecule has 0 bridgehead atoms. The average Bonchev–Trinajstić information content (AvgIpc) is 2.51. The molecule has 120 valence electrons. The van der Waals surface area contributed by atoms with Crippen LogP contribution < -0.4 is 14.8 Å². The van der Waals surface area contributed by atoms with Crippen molar-refractivity contribution in [3.63, 3.8) is 0 Å². The predicted molar refractivity (Wildman–Crippen MR) is 88.7 cm³/mol. The molecule has 0 spiro atoms. The van der Waals surface area contributed by atoms with E-state index in [1.807, 2.05) is 25.2 Å². The Morgan fingerprint density at radius 1 is 1.24 bits per heavy atom. The van der Waals surface area contributed by atoms with Gasteiger partial charge in [-0.1, -0.05) is 26.3 Å². The molecule has 0 saturated heterocycles. The van der Waals surface area contributed by atoms with E-state index >= 15 is 0 Å². The summed E-state index contributed by atoms with van der Waals surface area (Å²) < 4.78 is 22.9. The van der Waals surface area contributed by atoms with Crippen molar-refractivity contribution in [3.05, 3.63) is 23.8 Å². The Bertz CT molecular complexity index is 465. The topological polar surface area (TPSA) is 47.6 Å². The first-order valence-corrected chi connectivity index (χ1v) is 8.78. The van der Waals surface area contributed by atoms with Crippen LogP contribution in [0.1, 0.15) is 31.9 Å². The van der Waals surface area contributed by atoms with E-state index in [2.05, 4.69) is 19.2 Å². The fourth-order valence-electron chi connectivity index (χ4n) is 2.12. The molecule has 1 rings (SSSR count). The zero-order chi connectivity index (χ0) is 15.8. The molecule has 0 aliphatic carbocycles. The molecule has 3 unspecified atom stereocenters. The maximum Gasteiger partial charge on any atom is 0.127 e. The fourth-order valence-corrected chi connectivity index (χ4v) is 3.85. The predicted octanol–water partition coefficient (Wildman–Crippen LogP) is 2.76. The summed E-state index contributed by atoms with van der Waals surface area (Å²) >= 11 is 0. The molecule has 0 fully saturated rings. The van der Waals surface area contributed by atoms with E-state index in [0.717, 1.165) is 29.2 Å². The molecule has 21 heavy (non-hydrogen) atoms. The molecule has 1 N–H and O–H groups in total. The molecule has 0 saturated carbocycles. The molecule has 4 nitrogen and oxygen atoms in total. The Kier molecular flexibility index (Phi) is 7.75. The van der Waals surface area contributed by atoms with Gasteiger partial charge in [0, 0.05) is 40.0 Å². The monoisotopic (exact) mass is 313 g/mol. The lowest BCUT2D eigenvalue weighted by molar-refractivity contribution is 0.387. The highest BCUT2D eigenvalue weighted by Gasteiger charge is 2.19. The summed E-state index contributed by atoms with van der Waals surface area (Å²) in [6.45, 7) is 4.27. The van der Waals surface area contributed by atoms with Gasteiger partial charge in [0.25, 0.3) is 0 Å². The van der Waals surface area contributed by atoms with Gasteiger partial charge in [-0.25, -0.2) is 0 Å². The summed E-state index contributed by atoms with van der Waals surface area (Å²) in [5, 5.41) is 3.24. The Labute approximate surface area is 130 Å². The summed E-state index contributed by atoms with van der Waals surface area (Å²) in [6, 6.07) is 5.74. The van der Waals surface area contributed by atoms with Gasteiger partial charge in [0.2, 0.25) is 0 Å². The Balaban J connectivity index is 2.87. The number of ether oxygens (including phenoxy) is 2. The standard InChI is InChI=1S/C16H27NO3S/c1-6-12(2)10-21(18)11-15(17-3)14-8-7-13(19-4)9-16(14)20-5/h7-9,12,15,17H,6,10-11H2,1-5H3. The van der Waals surface area contributed by atoms with Gasteiger partial charge >= 0.3 is 0 Å². The third kappa shape index (κ3) is 5.32. The van der Waals surface area contributed by atoms with Crippen molar-refractivity contribution >= 4 is 10.8 Å². The molecule has 0 aliphatic heterocycles. The van der Waals surface area contributed by atoms with Crippen LogP contribution in [0.4, 0.5) is 0 Å². The molecule has 0 heterocycles. The lowest BCUT2D eigenvalue weighted by Crippen LogP contribution is -2.25. The maximum absolute atomic E-state index is 12.3. The average molecular weight is 313 g/mol. The molecule has 0 aromatic heterocycles. The van der Waals surface area contributed by atoms with Gasteiger partial charge in [0.15, 0.2) is 0 Å². The van der Waals surface area contributed by atoms with Crippen LogP contribution in [0.2, 0.25) is 0 Å². The minimum absolute atomic E-state index is 0.00995.